The monoisotopic (exact) mass is 439 g/mol. The topological polar surface area (TPSA) is 37.6 Å². The number of hydrogen-bond acceptors (Lipinski definition) is 2. The first-order chi connectivity index (χ1) is 15.1. The van der Waals surface area contributed by atoms with Crippen LogP contribution in [0.3, 0.4) is 0 Å². The number of amides is 1. The number of anilines is 1. The van der Waals surface area contributed by atoms with Crippen molar-refractivity contribution in [3.05, 3.63) is 70.2 Å². The number of rotatable bonds is 4. The summed E-state index contributed by atoms with van der Waals surface area (Å²) in [5.41, 5.74) is 4.35. The standard InChI is InChI=1S/C25H24F3N3O/c1-6-14(3)30-16(5)19(17-9-7-8-13(2)24(17)30)10-18-15(4)29-31(25(18)32)23-12-21(27)20(26)11-22(23)28/h7-12,14H,6H2,1-5H3/b18-10+/t14-/m0/s1. The number of carbonyl (C=O) groups excluding carboxylic acids is 1. The van der Waals surface area contributed by atoms with Gasteiger partial charge in [-0.25, -0.2) is 13.2 Å². The number of nitrogens with zero attached hydrogens (tertiary/aromatic N) is 3. The highest BCUT2D eigenvalue weighted by Gasteiger charge is 2.32. The van der Waals surface area contributed by atoms with Crippen molar-refractivity contribution in [2.24, 2.45) is 5.10 Å². The molecule has 0 saturated carbocycles. The Morgan fingerprint density at radius 3 is 2.44 bits per heavy atom. The maximum absolute atomic E-state index is 14.3. The van der Waals surface area contributed by atoms with Crippen molar-refractivity contribution < 1.29 is 18.0 Å². The summed E-state index contributed by atoms with van der Waals surface area (Å²) in [6.45, 7) is 9.97. The highest BCUT2D eigenvalue weighted by Crippen LogP contribution is 2.35. The van der Waals surface area contributed by atoms with E-state index < -0.39 is 29.0 Å². The minimum Gasteiger partial charge on any atom is -0.341 e. The zero-order valence-electron chi connectivity index (χ0n) is 18.6. The lowest BCUT2D eigenvalue weighted by Crippen LogP contribution is -2.22. The van der Waals surface area contributed by atoms with Gasteiger partial charge in [-0.1, -0.05) is 25.1 Å². The van der Waals surface area contributed by atoms with Crippen molar-refractivity contribution in [2.45, 2.75) is 47.1 Å². The van der Waals surface area contributed by atoms with Crippen molar-refractivity contribution >= 4 is 34.3 Å². The van der Waals surface area contributed by atoms with Crippen molar-refractivity contribution in [2.75, 3.05) is 5.01 Å². The van der Waals surface area contributed by atoms with Gasteiger partial charge in [-0.3, -0.25) is 4.79 Å². The summed E-state index contributed by atoms with van der Waals surface area (Å²) in [5.74, 6) is -4.22. The SMILES string of the molecule is CC[C@H](C)n1c(C)c(/C=C2/C(=O)N(c3cc(F)c(F)cc3F)N=C2C)c2cccc(C)c21. The van der Waals surface area contributed by atoms with Gasteiger partial charge in [-0.15, -0.1) is 0 Å². The molecule has 2 heterocycles. The van der Waals surface area contributed by atoms with E-state index in [1.807, 2.05) is 19.1 Å². The van der Waals surface area contributed by atoms with E-state index >= 15 is 0 Å². The Morgan fingerprint density at radius 1 is 1.06 bits per heavy atom. The largest absolute Gasteiger partial charge is 0.341 e. The summed E-state index contributed by atoms with van der Waals surface area (Å²) in [5, 5.41) is 5.92. The molecule has 1 aliphatic heterocycles. The number of para-hydroxylation sites is 1. The normalized spacial score (nSPS) is 16.4. The molecule has 1 amide bonds. The molecule has 3 aromatic rings. The predicted molar refractivity (Wildman–Crippen MR) is 121 cm³/mol. The highest BCUT2D eigenvalue weighted by molar-refractivity contribution is 6.32. The van der Waals surface area contributed by atoms with Crippen molar-refractivity contribution in [1.82, 2.24) is 4.57 Å². The van der Waals surface area contributed by atoms with Crippen LogP contribution in [0.1, 0.15) is 50.1 Å². The van der Waals surface area contributed by atoms with Gasteiger partial charge >= 0.3 is 0 Å². The minimum atomic E-state index is -1.32. The molecule has 4 rings (SSSR count). The van der Waals surface area contributed by atoms with Crippen molar-refractivity contribution in [3.8, 4) is 0 Å². The van der Waals surface area contributed by atoms with Crippen LogP contribution in [0.15, 0.2) is 41.0 Å². The van der Waals surface area contributed by atoms with Crippen LogP contribution >= 0.6 is 0 Å². The van der Waals surface area contributed by atoms with Crippen LogP contribution in [-0.2, 0) is 4.79 Å². The molecular formula is C25H24F3N3O. The third-order valence-corrected chi connectivity index (χ3v) is 6.12. The average Bonchev–Trinajstić information content (AvgIpc) is 3.19. The minimum absolute atomic E-state index is 0.257. The quantitative estimate of drug-likeness (QED) is 0.340. The van der Waals surface area contributed by atoms with Gasteiger partial charge in [0.05, 0.1) is 16.8 Å². The Morgan fingerprint density at radius 2 is 1.75 bits per heavy atom. The number of benzene rings is 2. The molecule has 1 aromatic heterocycles. The smallest absolute Gasteiger partial charge is 0.280 e. The van der Waals surface area contributed by atoms with Crippen LogP contribution in [-0.4, -0.2) is 16.2 Å². The molecule has 166 valence electrons. The first-order valence-corrected chi connectivity index (χ1v) is 10.5. The second kappa shape index (κ2) is 7.97. The first kappa shape index (κ1) is 21.9. The van der Waals surface area contributed by atoms with E-state index in [-0.39, 0.29) is 11.6 Å². The Bertz CT molecular complexity index is 1320. The van der Waals surface area contributed by atoms with E-state index in [1.165, 1.54) is 0 Å². The molecular weight excluding hydrogens is 415 g/mol. The zero-order chi connectivity index (χ0) is 23.3. The van der Waals surface area contributed by atoms with E-state index in [4.69, 9.17) is 0 Å². The predicted octanol–water partition coefficient (Wildman–Crippen LogP) is 6.45. The Balaban J connectivity index is 1.87. The third kappa shape index (κ3) is 3.32. The van der Waals surface area contributed by atoms with Gasteiger partial charge in [0.1, 0.15) is 5.69 Å². The Labute approximate surface area is 184 Å². The first-order valence-electron chi connectivity index (χ1n) is 10.5. The summed E-state index contributed by atoms with van der Waals surface area (Å²) < 4.78 is 43.6. The molecule has 4 nitrogen and oxygen atoms in total. The molecule has 1 atom stereocenters. The lowest BCUT2D eigenvalue weighted by atomic mass is 10.0. The molecule has 0 radical (unpaired) electrons. The van der Waals surface area contributed by atoms with Crippen molar-refractivity contribution in [3.63, 3.8) is 0 Å². The molecule has 0 saturated heterocycles. The number of fused-ring (bicyclic) bond motifs is 1. The number of aromatic nitrogens is 1. The molecule has 0 fully saturated rings. The third-order valence-electron chi connectivity index (χ3n) is 6.12. The van der Waals surface area contributed by atoms with E-state index in [9.17, 15) is 18.0 Å². The molecule has 1 aliphatic rings. The molecule has 2 aromatic carbocycles. The van der Waals surface area contributed by atoms with E-state index in [0.29, 0.717) is 17.8 Å². The van der Waals surface area contributed by atoms with Gasteiger partial charge in [0, 0.05) is 34.8 Å². The van der Waals surface area contributed by atoms with Gasteiger partial charge in [-0.2, -0.15) is 10.1 Å². The van der Waals surface area contributed by atoms with E-state index in [2.05, 4.69) is 36.5 Å². The number of hydrazone groups is 1. The highest BCUT2D eigenvalue weighted by atomic mass is 19.2. The average molecular weight is 439 g/mol. The van der Waals surface area contributed by atoms with Crippen molar-refractivity contribution in [1.29, 1.82) is 0 Å². The fraction of sp³-hybridized carbons (Fsp3) is 0.280. The summed E-state index contributed by atoms with van der Waals surface area (Å²) in [6.07, 6.45) is 2.70. The van der Waals surface area contributed by atoms with Gasteiger partial charge in [0.25, 0.3) is 5.91 Å². The van der Waals surface area contributed by atoms with Gasteiger partial charge < -0.3 is 4.57 Å². The summed E-state index contributed by atoms with van der Waals surface area (Å²) in [7, 11) is 0. The molecule has 0 N–H and O–H groups in total. The molecule has 32 heavy (non-hydrogen) atoms. The van der Waals surface area contributed by atoms with E-state index in [0.717, 1.165) is 39.2 Å². The molecule has 0 unspecified atom stereocenters. The summed E-state index contributed by atoms with van der Waals surface area (Å²) in [4.78, 5) is 13.1. The molecule has 0 aliphatic carbocycles. The van der Waals surface area contributed by atoms with Crippen LogP contribution < -0.4 is 5.01 Å². The molecule has 0 spiro atoms. The maximum Gasteiger partial charge on any atom is 0.280 e. The van der Waals surface area contributed by atoms with Crippen LogP contribution in [0.4, 0.5) is 18.9 Å². The molecule has 7 heteroatoms. The van der Waals surface area contributed by atoms with Crippen LogP contribution in [0, 0.1) is 31.3 Å². The van der Waals surface area contributed by atoms with Gasteiger partial charge in [0.2, 0.25) is 0 Å². The summed E-state index contributed by atoms with van der Waals surface area (Å²) in [6, 6.07) is 7.36. The lowest BCUT2D eigenvalue weighted by Gasteiger charge is -2.17. The lowest BCUT2D eigenvalue weighted by molar-refractivity contribution is -0.114. The van der Waals surface area contributed by atoms with Crippen LogP contribution in [0.5, 0.6) is 0 Å². The second-order valence-corrected chi connectivity index (χ2v) is 8.18. The van der Waals surface area contributed by atoms with E-state index in [1.54, 1.807) is 13.0 Å². The number of halogens is 3. The zero-order valence-corrected chi connectivity index (χ0v) is 18.6. The van der Waals surface area contributed by atoms with Crippen LogP contribution in [0.2, 0.25) is 0 Å². The second-order valence-electron chi connectivity index (χ2n) is 8.18. The number of hydrogen-bond donors (Lipinski definition) is 0. The molecule has 0 bridgehead atoms. The maximum atomic E-state index is 14.3. The number of carbonyl (C=O) groups is 1. The Kier molecular flexibility index (Phi) is 5.44. The fourth-order valence-corrected chi connectivity index (χ4v) is 4.27. The number of aryl methyl sites for hydroxylation is 1. The van der Waals surface area contributed by atoms with Crippen LogP contribution in [0.25, 0.3) is 17.0 Å². The van der Waals surface area contributed by atoms with Gasteiger partial charge in [-0.05, 0) is 45.8 Å². The fourth-order valence-electron chi connectivity index (χ4n) is 4.27. The van der Waals surface area contributed by atoms with Gasteiger partial charge in [0.15, 0.2) is 17.5 Å². The Hall–Kier alpha value is -3.35. The summed E-state index contributed by atoms with van der Waals surface area (Å²) >= 11 is 0.